The number of rotatable bonds is 2. The van der Waals surface area contributed by atoms with Gasteiger partial charge in [0.2, 0.25) is 5.91 Å². The molecule has 0 aromatic heterocycles. The maximum Gasteiger partial charge on any atom is 0.221 e. The van der Waals surface area contributed by atoms with E-state index in [1.165, 1.54) is 13.0 Å². The van der Waals surface area contributed by atoms with Crippen molar-refractivity contribution in [2.45, 2.75) is 27.7 Å². The smallest absolute Gasteiger partial charge is 0.221 e. The summed E-state index contributed by atoms with van der Waals surface area (Å²) < 4.78 is 0. The third-order valence-electron chi connectivity index (χ3n) is 3.41. The third-order valence-corrected chi connectivity index (χ3v) is 3.41. The third kappa shape index (κ3) is 2.51. The van der Waals surface area contributed by atoms with E-state index in [1.54, 1.807) is 32.9 Å². The van der Waals surface area contributed by atoms with E-state index in [2.05, 4.69) is 5.32 Å². The topological polar surface area (TPSA) is 80.3 Å². The molecule has 2 rings (SSSR count). The molecule has 0 saturated heterocycles. The number of carbonyl (C=O) groups excluding carboxylic acids is 4. The van der Waals surface area contributed by atoms with Crippen LogP contribution >= 0.6 is 0 Å². The van der Waals surface area contributed by atoms with Gasteiger partial charge in [-0.3, -0.25) is 19.2 Å². The summed E-state index contributed by atoms with van der Waals surface area (Å²) in [5.74, 6) is -3.05. The molecule has 1 aromatic carbocycles. The predicted molar refractivity (Wildman–Crippen MR) is 77.4 cm³/mol. The summed E-state index contributed by atoms with van der Waals surface area (Å²) in [7, 11) is 0. The maximum atomic E-state index is 12.5. The van der Waals surface area contributed by atoms with Gasteiger partial charge in [-0.2, -0.15) is 0 Å². The lowest BCUT2D eigenvalue weighted by molar-refractivity contribution is -0.127. The van der Waals surface area contributed by atoms with Gasteiger partial charge in [0.1, 0.15) is 5.92 Å². The number of anilines is 1. The number of benzene rings is 1. The number of hydrogen-bond donors (Lipinski definition) is 1. The van der Waals surface area contributed by atoms with Gasteiger partial charge in [-0.05, 0) is 6.07 Å². The van der Waals surface area contributed by atoms with Crippen molar-refractivity contribution in [3.05, 3.63) is 29.3 Å². The standard InChI is InChI=1S/C16H17NO4/c1-8(18)17-10-7-5-6-9-11(10)14(20)12(13(9)19)15(21)16(2,3)4/h5-7,12H,1-4H3,(H,17,18). The Labute approximate surface area is 122 Å². The number of ketones is 3. The van der Waals surface area contributed by atoms with Crippen molar-refractivity contribution in [3.63, 3.8) is 0 Å². The quantitative estimate of drug-likeness (QED) is 0.846. The Balaban J connectivity index is 2.52. The van der Waals surface area contributed by atoms with Crippen molar-refractivity contribution in [2.24, 2.45) is 11.3 Å². The Hall–Kier alpha value is -2.30. The van der Waals surface area contributed by atoms with Crippen molar-refractivity contribution in [1.29, 1.82) is 0 Å². The predicted octanol–water partition coefficient (Wildman–Crippen LogP) is 2.26. The van der Waals surface area contributed by atoms with Crippen molar-refractivity contribution in [1.82, 2.24) is 0 Å². The molecule has 5 nitrogen and oxygen atoms in total. The first-order valence-electron chi connectivity index (χ1n) is 6.68. The SMILES string of the molecule is CC(=O)Nc1cccc2c1C(=O)C(C(=O)C(C)(C)C)C2=O. The van der Waals surface area contributed by atoms with Crippen LogP contribution in [-0.2, 0) is 9.59 Å². The lowest BCUT2D eigenvalue weighted by Gasteiger charge is -2.19. The van der Waals surface area contributed by atoms with Crippen LogP contribution in [-0.4, -0.2) is 23.3 Å². The van der Waals surface area contributed by atoms with Crippen molar-refractivity contribution in [3.8, 4) is 0 Å². The molecule has 1 aliphatic carbocycles. The fourth-order valence-electron chi connectivity index (χ4n) is 2.41. The lowest BCUT2D eigenvalue weighted by Crippen LogP contribution is -2.35. The molecule has 1 atom stereocenters. The number of hydrogen-bond acceptors (Lipinski definition) is 4. The fraction of sp³-hybridized carbons (Fsp3) is 0.375. The summed E-state index contributed by atoms with van der Waals surface area (Å²) in [5.41, 5.74) is -0.164. The average Bonchev–Trinajstić information content (AvgIpc) is 2.60. The largest absolute Gasteiger partial charge is 0.326 e. The minimum absolute atomic E-state index is 0.139. The van der Waals surface area contributed by atoms with Crippen LogP contribution in [0.3, 0.4) is 0 Å². The lowest BCUT2D eigenvalue weighted by atomic mass is 9.81. The minimum Gasteiger partial charge on any atom is -0.326 e. The molecule has 5 heteroatoms. The monoisotopic (exact) mass is 287 g/mol. The molecular weight excluding hydrogens is 270 g/mol. The van der Waals surface area contributed by atoms with Gasteiger partial charge < -0.3 is 5.32 Å². The van der Waals surface area contributed by atoms with E-state index in [9.17, 15) is 19.2 Å². The van der Waals surface area contributed by atoms with E-state index >= 15 is 0 Å². The van der Waals surface area contributed by atoms with E-state index in [1.807, 2.05) is 0 Å². The molecule has 0 aliphatic heterocycles. The number of fused-ring (bicyclic) bond motifs is 1. The molecule has 110 valence electrons. The average molecular weight is 287 g/mol. The Morgan fingerprint density at radius 3 is 2.24 bits per heavy atom. The number of nitrogens with one attached hydrogen (secondary N) is 1. The van der Waals surface area contributed by atoms with Crippen LogP contribution < -0.4 is 5.32 Å². The molecule has 1 amide bonds. The van der Waals surface area contributed by atoms with Gasteiger partial charge in [-0.25, -0.2) is 0 Å². The summed E-state index contributed by atoms with van der Waals surface area (Å²) in [6.45, 7) is 6.34. The van der Waals surface area contributed by atoms with E-state index in [0.29, 0.717) is 0 Å². The molecular formula is C16H17NO4. The van der Waals surface area contributed by atoms with Crippen LogP contribution in [0, 0.1) is 11.3 Å². The summed E-state index contributed by atoms with van der Waals surface area (Å²) in [5, 5.41) is 2.53. The first-order chi connectivity index (χ1) is 9.64. The van der Waals surface area contributed by atoms with Gasteiger partial charge in [0.05, 0.1) is 11.3 Å². The minimum atomic E-state index is -1.30. The van der Waals surface area contributed by atoms with Crippen molar-refractivity contribution >= 4 is 28.9 Å². The highest BCUT2D eigenvalue weighted by Gasteiger charge is 2.47. The Kier molecular flexibility index (Phi) is 3.53. The van der Waals surface area contributed by atoms with E-state index in [0.717, 1.165) is 0 Å². The van der Waals surface area contributed by atoms with E-state index in [-0.39, 0.29) is 22.7 Å². The zero-order valence-electron chi connectivity index (χ0n) is 12.4. The van der Waals surface area contributed by atoms with Crippen molar-refractivity contribution < 1.29 is 19.2 Å². The molecule has 0 fully saturated rings. The number of carbonyl (C=O) groups is 4. The Morgan fingerprint density at radius 2 is 1.71 bits per heavy atom. The van der Waals surface area contributed by atoms with Crippen LogP contribution in [0.1, 0.15) is 48.4 Å². The highest BCUT2D eigenvalue weighted by Crippen LogP contribution is 2.36. The van der Waals surface area contributed by atoms with Gasteiger partial charge in [0.15, 0.2) is 17.3 Å². The molecule has 0 saturated carbocycles. The second-order valence-electron chi connectivity index (χ2n) is 6.19. The highest BCUT2D eigenvalue weighted by molar-refractivity contribution is 6.37. The van der Waals surface area contributed by atoms with Crippen molar-refractivity contribution in [2.75, 3.05) is 5.32 Å². The summed E-state index contributed by atoms with van der Waals surface area (Å²) in [6.07, 6.45) is 0. The van der Waals surface area contributed by atoms with Crippen LogP contribution in [0.15, 0.2) is 18.2 Å². The molecule has 1 N–H and O–H groups in total. The molecule has 1 aliphatic rings. The first-order valence-corrected chi connectivity index (χ1v) is 6.68. The first kappa shape index (κ1) is 15.1. The van der Waals surface area contributed by atoms with Gasteiger partial charge >= 0.3 is 0 Å². The second kappa shape index (κ2) is 4.91. The molecule has 0 radical (unpaired) electrons. The van der Waals surface area contributed by atoms with Crippen LogP contribution in [0.25, 0.3) is 0 Å². The molecule has 21 heavy (non-hydrogen) atoms. The Morgan fingerprint density at radius 1 is 1.10 bits per heavy atom. The van der Waals surface area contributed by atoms with E-state index < -0.39 is 28.7 Å². The van der Waals surface area contributed by atoms with Gasteiger partial charge in [-0.15, -0.1) is 0 Å². The van der Waals surface area contributed by atoms with Gasteiger partial charge in [0, 0.05) is 17.9 Å². The normalized spacial score (nSPS) is 17.6. The molecule has 0 spiro atoms. The molecule has 0 bridgehead atoms. The summed E-state index contributed by atoms with van der Waals surface area (Å²) >= 11 is 0. The van der Waals surface area contributed by atoms with Gasteiger partial charge in [-0.1, -0.05) is 32.9 Å². The zero-order chi connectivity index (χ0) is 15.9. The fourth-order valence-corrected chi connectivity index (χ4v) is 2.41. The molecule has 0 heterocycles. The van der Waals surface area contributed by atoms with Gasteiger partial charge in [0.25, 0.3) is 0 Å². The maximum absolute atomic E-state index is 12.5. The van der Waals surface area contributed by atoms with Crippen LogP contribution in [0.2, 0.25) is 0 Å². The van der Waals surface area contributed by atoms with Crippen LogP contribution in [0.4, 0.5) is 5.69 Å². The summed E-state index contributed by atoms with van der Waals surface area (Å²) in [4.78, 5) is 48.4. The Bertz CT molecular complexity index is 667. The second-order valence-corrected chi connectivity index (χ2v) is 6.19. The highest BCUT2D eigenvalue weighted by atomic mass is 16.2. The number of amides is 1. The summed E-state index contributed by atoms with van der Waals surface area (Å²) in [6, 6.07) is 4.64. The van der Waals surface area contributed by atoms with Crippen LogP contribution in [0.5, 0.6) is 0 Å². The number of Topliss-reactive ketones (excluding diaryl/α,β-unsaturated/α-hetero) is 3. The molecule has 1 aromatic rings. The van der Waals surface area contributed by atoms with E-state index in [4.69, 9.17) is 0 Å². The zero-order valence-corrected chi connectivity index (χ0v) is 12.4. The molecule has 1 unspecified atom stereocenters.